The standard InChI is InChI=1S/C17H23NO2S/c1-16-5-10-3-11(6-16)8-17(7-10,9-16)13-4-12(18)14(21-13)15(19)20-2/h4,10-11H,3,5-9,18H2,1-2H3. The van der Waals surface area contributed by atoms with Gasteiger partial charge in [0.25, 0.3) is 0 Å². The molecule has 2 atom stereocenters. The first-order valence-corrected chi connectivity index (χ1v) is 8.73. The lowest BCUT2D eigenvalue weighted by Gasteiger charge is -2.61. The second-order valence-electron chi connectivity index (χ2n) is 7.94. The molecule has 4 fully saturated rings. The molecule has 0 saturated heterocycles. The Balaban J connectivity index is 1.75. The Kier molecular flexibility index (Phi) is 2.76. The third kappa shape index (κ3) is 1.95. The van der Waals surface area contributed by atoms with Crippen LogP contribution < -0.4 is 5.73 Å². The molecular weight excluding hydrogens is 282 g/mol. The lowest BCUT2D eigenvalue weighted by atomic mass is 9.44. The van der Waals surface area contributed by atoms with Gasteiger partial charge < -0.3 is 10.5 Å². The summed E-state index contributed by atoms with van der Waals surface area (Å²) >= 11 is 1.58. The zero-order valence-electron chi connectivity index (χ0n) is 12.8. The minimum atomic E-state index is -0.292. The van der Waals surface area contributed by atoms with E-state index in [0.29, 0.717) is 16.0 Å². The normalized spacial score (nSPS) is 40.5. The Morgan fingerprint density at radius 1 is 1.33 bits per heavy atom. The lowest BCUT2D eigenvalue weighted by molar-refractivity contribution is -0.0602. The van der Waals surface area contributed by atoms with E-state index >= 15 is 0 Å². The summed E-state index contributed by atoms with van der Waals surface area (Å²) in [6.45, 7) is 2.47. The van der Waals surface area contributed by atoms with Gasteiger partial charge in [-0.15, -0.1) is 11.3 Å². The molecule has 4 aliphatic carbocycles. The second kappa shape index (κ2) is 4.25. The summed E-state index contributed by atoms with van der Waals surface area (Å²) in [4.78, 5) is 13.8. The van der Waals surface area contributed by atoms with E-state index in [0.717, 1.165) is 11.8 Å². The summed E-state index contributed by atoms with van der Waals surface area (Å²) in [5.74, 6) is 1.46. The number of nitrogens with two attached hydrogens (primary N) is 1. The number of methoxy groups -OCH3 is 1. The quantitative estimate of drug-likeness (QED) is 0.841. The van der Waals surface area contributed by atoms with Crippen LogP contribution in [-0.2, 0) is 10.2 Å². The van der Waals surface area contributed by atoms with Crippen molar-refractivity contribution in [2.24, 2.45) is 17.3 Å². The van der Waals surface area contributed by atoms with Crippen LogP contribution in [0.2, 0.25) is 0 Å². The summed E-state index contributed by atoms with van der Waals surface area (Å²) in [6.07, 6.45) is 8.07. The van der Waals surface area contributed by atoms with Crippen molar-refractivity contribution in [3.8, 4) is 0 Å². The molecule has 1 aromatic heterocycles. The number of hydrogen-bond donors (Lipinski definition) is 1. The van der Waals surface area contributed by atoms with E-state index in [4.69, 9.17) is 10.5 Å². The number of anilines is 1. The van der Waals surface area contributed by atoms with Crippen molar-refractivity contribution in [1.82, 2.24) is 0 Å². The van der Waals surface area contributed by atoms with Crippen molar-refractivity contribution in [2.45, 2.75) is 50.9 Å². The van der Waals surface area contributed by atoms with Crippen molar-refractivity contribution >= 4 is 23.0 Å². The molecule has 0 aliphatic heterocycles. The highest BCUT2D eigenvalue weighted by atomic mass is 32.1. The van der Waals surface area contributed by atoms with Gasteiger partial charge in [0.05, 0.1) is 12.8 Å². The summed E-state index contributed by atoms with van der Waals surface area (Å²) in [5.41, 5.74) is 7.47. The van der Waals surface area contributed by atoms with Crippen LogP contribution >= 0.6 is 11.3 Å². The number of thiophene rings is 1. The van der Waals surface area contributed by atoms with Crippen LogP contribution in [-0.4, -0.2) is 13.1 Å². The Morgan fingerprint density at radius 3 is 2.57 bits per heavy atom. The highest BCUT2D eigenvalue weighted by molar-refractivity contribution is 7.14. The van der Waals surface area contributed by atoms with E-state index in [2.05, 4.69) is 13.0 Å². The molecule has 4 bridgehead atoms. The Morgan fingerprint density at radius 2 is 2.00 bits per heavy atom. The summed E-state index contributed by atoms with van der Waals surface area (Å²) in [7, 11) is 1.42. The summed E-state index contributed by atoms with van der Waals surface area (Å²) in [5, 5.41) is 0. The zero-order chi connectivity index (χ0) is 14.8. The molecular formula is C17H23NO2S. The fourth-order valence-corrected chi connectivity index (χ4v) is 7.13. The summed E-state index contributed by atoms with van der Waals surface area (Å²) in [6, 6.07) is 2.06. The molecule has 0 spiro atoms. The first-order valence-electron chi connectivity index (χ1n) is 7.91. The number of carbonyl (C=O) groups is 1. The molecule has 5 rings (SSSR count). The van der Waals surface area contributed by atoms with E-state index in [-0.39, 0.29) is 11.4 Å². The van der Waals surface area contributed by atoms with Gasteiger partial charge in [-0.1, -0.05) is 6.92 Å². The molecule has 2 unspecified atom stereocenters. The van der Waals surface area contributed by atoms with Gasteiger partial charge in [0.1, 0.15) is 4.88 Å². The Labute approximate surface area is 129 Å². The maximum atomic E-state index is 11.8. The first kappa shape index (κ1) is 13.6. The smallest absolute Gasteiger partial charge is 0.350 e. The van der Waals surface area contributed by atoms with Crippen molar-refractivity contribution in [2.75, 3.05) is 12.8 Å². The van der Waals surface area contributed by atoms with Crippen molar-refractivity contribution in [1.29, 1.82) is 0 Å². The van der Waals surface area contributed by atoms with Gasteiger partial charge in [-0.25, -0.2) is 4.79 Å². The molecule has 2 N–H and O–H groups in total. The first-order chi connectivity index (χ1) is 9.93. The van der Waals surface area contributed by atoms with Crippen molar-refractivity contribution < 1.29 is 9.53 Å². The molecule has 1 aromatic rings. The van der Waals surface area contributed by atoms with Crippen LogP contribution in [0.1, 0.15) is 60.0 Å². The van der Waals surface area contributed by atoms with E-state index in [1.165, 1.54) is 50.5 Å². The van der Waals surface area contributed by atoms with E-state index in [1.54, 1.807) is 11.3 Å². The molecule has 3 nitrogen and oxygen atoms in total. The molecule has 0 aromatic carbocycles. The number of esters is 1. The van der Waals surface area contributed by atoms with Gasteiger partial charge >= 0.3 is 5.97 Å². The SMILES string of the molecule is COC(=O)c1sc(C23CC4CC(CC(C)(C4)C2)C3)cc1N. The molecule has 4 heteroatoms. The van der Waals surface area contributed by atoms with Crippen molar-refractivity contribution in [3.05, 3.63) is 15.8 Å². The topological polar surface area (TPSA) is 52.3 Å². The van der Waals surface area contributed by atoms with Crippen LogP contribution in [0.5, 0.6) is 0 Å². The largest absolute Gasteiger partial charge is 0.465 e. The van der Waals surface area contributed by atoms with Gasteiger partial charge in [0.15, 0.2) is 0 Å². The van der Waals surface area contributed by atoms with Gasteiger partial charge in [-0.05, 0) is 61.8 Å². The van der Waals surface area contributed by atoms with Crippen LogP contribution in [0.4, 0.5) is 5.69 Å². The van der Waals surface area contributed by atoms with Crippen LogP contribution in [0.25, 0.3) is 0 Å². The molecule has 1 heterocycles. The summed E-state index contributed by atoms with van der Waals surface area (Å²) < 4.78 is 4.86. The zero-order valence-corrected chi connectivity index (χ0v) is 13.6. The maximum absolute atomic E-state index is 11.8. The minimum Gasteiger partial charge on any atom is -0.465 e. The van der Waals surface area contributed by atoms with Gasteiger partial charge in [0, 0.05) is 10.3 Å². The van der Waals surface area contributed by atoms with E-state index in [9.17, 15) is 4.79 Å². The number of carbonyl (C=O) groups excluding carboxylic acids is 1. The van der Waals surface area contributed by atoms with Crippen LogP contribution in [0.3, 0.4) is 0 Å². The van der Waals surface area contributed by atoms with E-state index in [1.807, 2.05) is 0 Å². The maximum Gasteiger partial charge on any atom is 0.350 e. The third-order valence-corrected chi connectivity index (χ3v) is 7.39. The van der Waals surface area contributed by atoms with Crippen LogP contribution in [0, 0.1) is 17.3 Å². The Hall–Kier alpha value is -1.03. The lowest BCUT2D eigenvalue weighted by Crippen LogP contribution is -2.52. The van der Waals surface area contributed by atoms with Gasteiger partial charge in [0.2, 0.25) is 0 Å². The molecule has 0 radical (unpaired) electrons. The number of hydrogen-bond acceptors (Lipinski definition) is 4. The predicted octanol–water partition coefficient (Wildman–Crippen LogP) is 3.97. The fraction of sp³-hybridized carbons (Fsp3) is 0.706. The Bertz CT molecular complexity index is 592. The van der Waals surface area contributed by atoms with Gasteiger partial charge in [-0.2, -0.15) is 0 Å². The average Bonchev–Trinajstić information content (AvgIpc) is 2.78. The monoisotopic (exact) mass is 305 g/mol. The minimum absolute atomic E-state index is 0.282. The molecule has 4 aliphatic rings. The van der Waals surface area contributed by atoms with E-state index < -0.39 is 0 Å². The third-order valence-electron chi connectivity index (χ3n) is 6.01. The number of rotatable bonds is 2. The predicted molar refractivity (Wildman–Crippen MR) is 84.5 cm³/mol. The fourth-order valence-electron chi connectivity index (χ4n) is 5.93. The molecule has 114 valence electrons. The van der Waals surface area contributed by atoms with Gasteiger partial charge in [-0.3, -0.25) is 0 Å². The second-order valence-corrected chi connectivity index (χ2v) is 8.99. The molecule has 21 heavy (non-hydrogen) atoms. The highest BCUT2D eigenvalue weighted by Crippen LogP contribution is 2.66. The highest BCUT2D eigenvalue weighted by Gasteiger charge is 2.56. The van der Waals surface area contributed by atoms with Crippen LogP contribution in [0.15, 0.2) is 6.07 Å². The number of ether oxygens (including phenoxy) is 1. The molecule has 4 saturated carbocycles. The molecule has 0 amide bonds. The average molecular weight is 305 g/mol. The number of nitrogen functional groups attached to an aromatic ring is 1. The van der Waals surface area contributed by atoms with Crippen molar-refractivity contribution in [3.63, 3.8) is 0 Å².